The number of terminal acetylenes is 1. The van der Waals surface area contributed by atoms with Crippen molar-refractivity contribution in [1.29, 1.82) is 0 Å². The Balaban J connectivity index is 1.63. The van der Waals surface area contributed by atoms with Crippen molar-refractivity contribution in [2.45, 2.75) is 0 Å². The third kappa shape index (κ3) is 3.85. The molecule has 0 aromatic carbocycles. The van der Waals surface area contributed by atoms with Crippen molar-refractivity contribution in [3.8, 4) is 29.4 Å². The summed E-state index contributed by atoms with van der Waals surface area (Å²) < 4.78 is 0. The fourth-order valence-electron chi connectivity index (χ4n) is 2.66. The molecule has 0 unspecified atom stereocenters. The van der Waals surface area contributed by atoms with E-state index < -0.39 is 5.91 Å². The van der Waals surface area contributed by atoms with Gasteiger partial charge in [-0.1, -0.05) is 29.1 Å². The molecule has 4 aromatic heterocycles. The first-order valence-corrected chi connectivity index (χ1v) is 9.23. The smallest absolute Gasteiger partial charge is 0.258 e. The first kappa shape index (κ1) is 19.5. The van der Waals surface area contributed by atoms with Crippen LogP contribution in [0.3, 0.4) is 0 Å². The predicted octanol–water partition coefficient (Wildman–Crippen LogP) is 3.66. The van der Waals surface area contributed by atoms with E-state index in [0.29, 0.717) is 22.8 Å². The van der Waals surface area contributed by atoms with Crippen LogP contribution in [0.5, 0.6) is 0 Å². The van der Waals surface area contributed by atoms with E-state index in [9.17, 15) is 4.79 Å². The minimum absolute atomic E-state index is 0.00901. The van der Waals surface area contributed by atoms with Crippen LogP contribution < -0.4 is 5.32 Å². The van der Waals surface area contributed by atoms with Gasteiger partial charge in [0.15, 0.2) is 5.82 Å². The number of aromatic nitrogens is 6. The van der Waals surface area contributed by atoms with E-state index in [4.69, 9.17) is 29.6 Å². The Kier molecular flexibility index (Phi) is 5.39. The standard InChI is InChI=1S/C20H11Cl2N7O/c1-2-12-9-15(18(22)28-17(12)13-3-5-23-6-4-13)20(30)27-14-10-16(21)19(24-11-14)29-25-7-8-26-29/h1,3-11H,(H,27,30). The van der Waals surface area contributed by atoms with Crippen LogP contribution in [0.1, 0.15) is 15.9 Å². The molecule has 4 aromatic rings. The van der Waals surface area contributed by atoms with Gasteiger partial charge in [-0.3, -0.25) is 9.78 Å². The number of carbonyl (C=O) groups is 1. The highest BCUT2D eigenvalue weighted by Gasteiger charge is 2.18. The largest absolute Gasteiger partial charge is 0.320 e. The molecule has 0 spiro atoms. The van der Waals surface area contributed by atoms with Crippen molar-refractivity contribution in [2.75, 3.05) is 5.32 Å². The van der Waals surface area contributed by atoms with Gasteiger partial charge in [0.25, 0.3) is 5.91 Å². The fourth-order valence-corrected chi connectivity index (χ4v) is 3.13. The van der Waals surface area contributed by atoms with Gasteiger partial charge in [-0.2, -0.15) is 10.2 Å². The van der Waals surface area contributed by atoms with Crippen LogP contribution in [-0.2, 0) is 0 Å². The van der Waals surface area contributed by atoms with E-state index in [1.807, 2.05) is 0 Å². The summed E-state index contributed by atoms with van der Waals surface area (Å²) in [5.41, 5.74) is 2.13. The number of nitrogens with one attached hydrogen (secondary N) is 1. The maximum atomic E-state index is 12.8. The number of halogens is 2. The first-order chi connectivity index (χ1) is 14.6. The average molecular weight is 436 g/mol. The predicted molar refractivity (Wildman–Crippen MR) is 113 cm³/mol. The van der Waals surface area contributed by atoms with E-state index in [0.717, 1.165) is 5.56 Å². The molecular formula is C20H11Cl2N7O. The number of amides is 1. The molecule has 0 aliphatic carbocycles. The molecule has 1 N–H and O–H groups in total. The van der Waals surface area contributed by atoms with Gasteiger partial charge in [-0.05, 0) is 24.3 Å². The normalized spacial score (nSPS) is 10.4. The summed E-state index contributed by atoms with van der Waals surface area (Å²) in [6.07, 6.45) is 13.3. The Morgan fingerprint density at radius 2 is 1.83 bits per heavy atom. The lowest BCUT2D eigenvalue weighted by atomic mass is 10.1. The van der Waals surface area contributed by atoms with E-state index in [1.54, 1.807) is 24.5 Å². The van der Waals surface area contributed by atoms with Crippen LogP contribution in [0.15, 0.2) is 55.2 Å². The van der Waals surface area contributed by atoms with Gasteiger partial charge in [-0.25, -0.2) is 9.97 Å². The molecule has 0 fully saturated rings. The molecule has 0 radical (unpaired) electrons. The minimum atomic E-state index is -0.506. The van der Waals surface area contributed by atoms with Crippen LogP contribution in [0.4, 0.5) is 5.69 Å². The Labute approximate surface area is 180 Å². The third-order valence-electron chi connectivity index (χ3n) is 4.02. The number of rotatable bonds is 4. The van der Waals surface area contributed by atoms with Gasteiger partial charge < -0.3 is 5.32 Å². The molecule has 4 heterocycles. The maximum Gasteiger partial charge on any atom is 0.258 e. The van der Waals surface area contributed by atoms with Gasteiger partial charge in [-0.15, -0.1) is 11.2 Å². The Hall–Kier alpha value is -3.80. The van der Waals surface area contributed by atoms with Crippen molar-refractivity contribution < 1.29 is 4.79 Å². The van der Waals surface area contributed by atoms with Crippen molar-refractivity contribution in [3.05, 3.63) is 76.6 Å². The zero-order valence-corrected chi connectivity index (χ0v) is 16.6. The molecule has 30 heavy (non-hydrogen) atoms. The van der Waals surface area contributed by atoms with Crippen LogP contribution in [0, 0.1) is 12.3 Å². The molecule has 0 atom stereocenters. The van der Waals surface area contributed by atoms with Gasteiger partial charge in [0.05, 0.1) is 46.1 Å². The lowest BCUT2D eigenvalue weighted by Gasteiger charge is -2.11. The molecule has 8 nitrogen and oxygen atoms in total. The minimum Gasteiger partial charge on any atom is -0.320 e. The monoisotopic (exact) mass is 435 g/mol. The summed E-state index contributed by atoms with van der Waals surface area (Å²) in [5.74, 6) is 2.36. The van der Waals surface area contributed by atoms with E-state index in [2.05, 4.69) is 36.4 Å². The first-order valence-electron chi connectivity index (χ1n) is 8.48. The van der Waals surface area contributed by atoms with Crippen LogP contribution in [0.25, 0.3) is 17.1 Å². The molecule has 0 aliphatic heterocycles. The number of anilines is 1. The SMILES string of the molecule is C#Cc1cc(C(=O)Nc2cnc(-n3nccn3)c(Cl)c2)c(Cl)nc1-c1ccncc1. The number of hydrogen-bond acceptors (Lipinski definition) is 6. The van der Waals surface area contributed by atoms with Gasteiger partial charge in [0.2, 0.25) is 0 Å². The Morgan fingerprint density at radius 3 is 2.50 bits per heavy atom. The second-order valence-corrected chi connectivity index (χ2v) is 6.67. The summed E-state index contributed by atoms with van der Waals surface area (Å²) >= 11 is 12.5. The summed E-state index contributed by atoms with van der Waals surface area (Å²) in [5, 5.41) is 10.9. The second kappa shape index (κ2) is 8.29. The zero-order chi connectivity index (χ0) is 21.1. The van der Waals surface area contributed by atoms with Crippen molar-refractivity contribution in [3.63, 3.8) is 0 Å². The topological polar surface area (TPSA) is 98.5 Å². The van der Waals surface area contributed by atoms with Crippen molar-refractivity contribution in [1.82, 2.24) is 29.9 Å². The van der Waals surface area contributed by atoms with Gasteiger partial charge in [0.1, 0.15) is 5.15 Å². The molecule has 10 heteroatoms. The number of carbonyl (C=O) groups excluding carboxylic acids is 1. The molecule has 0 bridgehead atoms. The molecule has 4 rings (SSSR count). The quantitative estimate of drug-likeness (QED) is 0.387. The van der Waals surface area contributed by atoms with E-state index in [1.165, 1.54) is 35.5 Å². The van der Waals surface area contributed by atoms with E-state index >= 15 is 0 Å². The molecule has 0 aliphatic rings. The third-order valence-corrected chi connectivity index (χ3v) is 4.58. The van der Waals surface area contributed by atoms with E-state index in [-0.39, 0.29) is 15.7 Å². The van der Waals surface area contributed by atoms with Crippen LogP contribution in [-0.4, -0.2) is 35.9 Å². The number of hydrogen-bond donors (Lipinski definition) is 1. The van der Waals surface area contributed by atoms with Gasteiger partial charge in [0, 0.05) is 18.0 Å². The summed E-state index contributed by atoms with van der Waals surface area (Å²) in [4.78, 5) is 26.5. The van der Waals surface area contributed by atoms with Gasteiger partial charge >= 0.3 is 0 Å². The second-order valence-electron chi connectivity index (χ2n) is 5.91. The van der Waals surface area contributed by atoms with Crippen molar-refractivity contribution >= 4 is 34.8 Å². The maximum absolute atomic E-state index is 12.8. The van der Waals surface area contributed by atoms with Crippen LogP contribution in [0.2, 0.25) is 10.2 Å². The summed E-state index contributed by atoms with van der Waals surface area (Å²) in [6.45, 7) is 0. The zero-order valence-electron chi connectivity index (χ0n) is 15.1. The molecule has 146 valence electrons. The summed E-state index contributed by atoms with van der Waals surface area (Å²) in [6, 6.07) is 6.54. The molecule has 0 saturated carbocycles. The number of pyridine rings is 3. The average Bonchev–Trinajstić information content (AvgIpc) is 3.28. The molecule has 0 saturated heterocycles. The highest BCUT2D eigenvalue weighted by molar-refractivity contribution is 6.34. The Morgan fingerprint density at radius 1 is 1.10 bits per heavy atom. The lowest BCUT2D eigenvalue weighted by molar-refractivity contribution is 0.102. The van der Waals surface area contributed by atoms with Crippen molar-refractivity contribution in [2.24, 2.45) is 0 Å². The fraction of sp³-hybridized carbons (Fsp3) is 0. The molecule has 1 amide bonds. The van der Waals surface area contributed by atoms with Crippen LogP contribution >= 0.6 is 23.2 Å². The number of nitrogens with zero attached hydrogens (tertiary/aromatic N) is 6. The highest BCUT2D eigenvalue weighted by Crippen LogP contribution is 2.27. The lowest BCUT2D eigenvalue weighted by Crippen LogP contribution is -2.14. The molecular weight excluding hydrogens is 425 g/mol. The summed E-state index contributed by atoms with van der Waals surface area (Å²) in [7, 11) is 0. The highest BCUT2D eigenvalue weighted by atomic mass is 35.5. The Bertz CT molecular complexity index is 1270.